The van der Waals surface area contributed by atoms with Crippen LogP contribution in [0.25, 0.3) is 0 Å². The zero-order valence-electron chi connectivity index (χ0n) is 13.6. The van der Waals surface area contributed by atoms with Crippen molar-refractivity contribution in [2.45, 2.75) is 37.5 Å². The first kappa shape index (κ1) is 14.5. The Morgan fingerprint density at radius 2 is 2.30 bits per heavy atom. The van der Waals surface area contributed by atoms with Gasteiger partial charge in [0, 0.05) is 31.6 Å². The van der Waals surface area contributed by atoms with Gasteiger partial charge >= 0.3 is 0 Å². The van der Waals surface area contributed by atoms with Gasteiger partial charge in [-0.1, -0.05) is 24.3 Å². The van der Waals surface area contributed by atoms with Crippen LogP contribution in [0.4, 0.5) is 0 Å². The monoisotopic (exact) mass is 309 g/mol. The minimum Gasteiger partial charge on any atom is -0.356 e. The van der Waals surface area contributed by atoms with Crippen molar-refractivity contribution >= 4 is 5.91 Å². The summed E-state index contributed by atoms with van der Waals surface area (Å²) >= 11 is 0. The number of hydrogen-bond acceptors (Lipinski definition) is 2. The fourth-order valence-electron chi connectivity index (χ4n) is 4.19. The van der Waals surface area contributed by atoms with Crippen LogP contribution in [0.1, 0.15) is 36.0 Å². The van der Waals surface area contributed by atoms with Crippen molar-refractivity contribution in [2.75, 3.05) is 6.54 Å². The smallest absolute Gasteiger partial charge is 0.220 e. The topological polar surface area (TPSA) is 46.9 Å². The van der Waals surface area contributed by atoms with Gasteiger partial charge in [0.25, 0.3) is 0 Å². The fourth-order valence-corrected chi connectivity index (χ4v) is 4.19. The van der Waals surface area contributed by atoms with Crippen molar-refractivity contribution in [2.24, 2.45) is 13.0 Å². The lowest BCUT2D eigenvalue weighted by atomic mass is 9.95. The molecule has 1 saturated carbocycles. The van der Waals surface area contributed by atoms with Crippen molar-refractivity contribution in [3.63, 3.8) is 0 Å². The average molecular weight is 309 g/mol. The highest BCUT2D eigenvalue weighted by molar-refractivity contribution is 5.76. The summed E-state index contributed by atoms with van der Waals surface area (Å²) in [5, 5.41) is 7.27. The summed E-state index contributed by atoms with van der Waals surface area (Å²) in [6.07, 6.45) is 8.79. The molecule has 1 aromatic carbocycles. The zero-order chi connectivity index (χ0) is 15.9. The summed E-state index contributed by atoms with van der Waals surface area (Å²) in [6, 6.07) is 8.82. The van der Waals surface area contributed by atoms with E-state index in [-0.39, 0.29) is 5.91 Å². The van der Waals surface area contributed by atoms with Gasteiger partial charge in [0.15, 0.2) is 0 Å². The van der Waals surface area contributed by atoms with E-state index in [1.165, 1.54) is 30.4 Å². The third-order valence-corrected chi connectivity index (χ3v) is 5.57. The van der Waals surface area contributed by atoms with Gasteiger partial charge in [0.1, 0.15) is 0 Å². The number of amides is 1. The number of benzene rings is 1. The minimum atomic E-state index is 0.155. The van der Waals surface area contributed by atoms with Gasteiger partial charge in [0.2, 0.25) is 5.91 Å². The molecule has 120 valence electrons. The predicted octanol–water partition coefficient (Wildman–Crippen LogP) is 2.37. The molecule has 0 saturated heterocycles. The van der Waals surface area contributed by atoms with Gasteiger partial charge < -0.3 is 5.32 Å². The molecule has 0 bridgehead atoms. The van der Waals surface area contributed by atoms with Gasteiger partial charge in [-0.3, -0.25) is 9.48 Å². The first-order valence-electron chi connectivity index (χ1n) is 8.50. The number of fused-ring (bicyclic) bond motifs is 2. The van der Waals surface area contributed by atoms with Crippen molar-refractivity contribution in [3.8, 4) is 0 Å². The molecule has 4 nitrogen and oxygen atoms in total. The number of rotatable bonds is 5. The Kier molecular flexibility index (Phi) is 3.47. The maximum absolute atomic E-state index is 12.1. The van der Waals surface area contributed by atoms with Gasteiger partial charge in [-0.25, -0.2) is 0 Å². The molecule has 4 rings (SSSR count). The Bertz CT molecular complexity index is 736. The lowest BCUT2D eigenvalue weighted by Gasteiger charge is -2.12. The molecule has 1 aromatic heterocycles. The standard InChI is InChI=1S/C19H23N3O/c1-22-13-14(11-21-22)6-7-18(23)20-12-16-10-19(16)9-8-15-4-2-3-5-17(15)19/h2-5,11,13,16H,6-10,12H2,1H3,(H,20,23)/t16-,19+/m1/s1. The zero-order valence-corrected chi connectivity index (χ0v) is 13.6. The van der Waals surface area contributed by atoms with Crippen LogP contribution in [0.3, 0.4) is 0 Å². The van der Waals surface area contributed by atoms with E-state index in [9.17, 15) is 4.79 Å². The quantitative estimate of drug-likeness (QED) is 0.922. The Hall–Kier alpha value is -2.10. The maximum Gasteiger partial charge on any atom is 0.220 e. The first-order chi connectivity index (χ1) is 11.2. The van der Waals surface area contributed by atoms with E-state index in [0.29, 0.717) is 17.8 Å². The van der Waals surface area contributed by atoms with Gasteiger partial charge in [-0.15, -0.1) is 0 Å². The molecule has 2 aliphatic rings. The molecule has 4 heteroatoms. The second kappa shape index (κ2) is 5.52. The molecule has 23 heavy (non-hydrogen) atoms. The maximum atomic E-state index is 12.1. The number of nitrogens with one attached hydrogen (secondary N) is 1. The highest BCUT2D eigenvalue weighted by Gasteiger charge is 2.57. The van der Waals surface area contributed by atoms with Crippen LogP contribution in [0, 0.1) is 5.92 Å². The Labute approximate surface area is 136 Å². The third kappa shape index (κ3) is 2.67. The largest absolute Gasteiger partial charge is 0.356 e. The van der Waals surface area contributed by atoms with Crippen molar-refractivity contribution in [3.05, 3.63) is 53.3 Å². The second-order valence-electron chi connectivity index (χ2n) is 7.04. The number of carbonyl (C=O) groups excluding carboxylic acids is 1. The molecule has 2 atom stereocenters. The van der Waals surface area contributed by atoms with Crippen molar-refractivity contribution < 1.29 is 4.79 Å². The lowest BCUT2D eigenvalue weighted by Crippen LogP contribution is -2.27. The van der Waals surface area contributed by atoms with Crippen LogP contribution in [-0.2, 0) is 30.1 Å². The molecule has 1 amide bonds. The molecule has 2 aliphatic carbocycles. The molecular weight excluding hydrogens is 286 g/mol. The molecule has 1 fully saturated rings. The van der Waals surface area contributed by atoms with Crippen LogP contribution in [-0.4, -0.2) is 22.2 Å². The molecule has 1 heterocycles. The summed E-state index contributed by atoms with van der Waals surface area (Å²) in [5.74, 6) is 0.774. The molecular formula is C19H23N3O. The van der Waals surface area contributed by atoms with Crippen LogP contribution < -0.4 is 5.32 Å². The summed E-state index contributed by atoms with van der Waals surface area (Å²) in [4.78, 5) is 12.1. The minimum absolute atomic E-state index is 0.155. The Balaban J connectivity index is 1.27. The van der Waals surface area contributed by atoms with E-state index >= 15 is 0 Å². The first-order valence-corrected chi connectivity index (χ1v) is 8.50. The summed E-state index contributed by atoms with van der Waals surface area (Å²) in [5.41, 5.74) is 4.54. The van der Waals surface area contributed by atoms with E-state index in [1.54, 1.807) is 4.68 Å². The van der Waals surface area contributed by atoms with E-state index < -0.39 is 0 Å². The lowest BCUT2D eigenvalue weighted by molar-refractivity contribution is -0.121. The van der Waals surface area contributed by atoms with Gasteiger partial charge in [0.05, 0.1) is 6.20 Å². The summed E-state index contributed by atoms with van der Waals surface area (Å²) in [6.45, 7) is 0.820. The van der Waals surface area contributed by atoms with Crippen molar-refractivity contribution in [1.82, 2.24) is 15.1 Å². The highest BCUT2D eigenvalue weighted by atomic mass is 16.1. The van der Waals surface area contributed by atoms with E-state index in [1.807, 2.05) is 19.4 Å². The normalized spacial score (nSPS) is 24.7. The van der Waals surface area contributed by atoms with Gasteiger partial charge in [-0.2, -0.15) is 5.10 Å². The summed E-state index contributed by atoms with van der Waals surface area (Å²) < 4.78 is 1.78. The van der Waals surface area contributed by atoms with Crippen molar-refractivity contribution in [1.29, 1.82) is 0 Å². The molecule has 1 N–H and O–H groups in total. The Morgan fingerprint density at radius 3 is 3.13 bits per heavy atom. The predicted molar refractivity (Wildman–Crippen MR) is 89.1 cm³/mol. The Morgan fingerprint density at radius 1 is 1.43 bits per heavy atom. The highest BCUT2D eigenvalue weighted by Crippen LogP contribution is 2.61. The van der Waals surface area contributed by atoms with Crippen LogP contribution in [0.5, 0.6) is 0 Å². The molecule has 0 radical (unpaired) electrons. The number of nitrogens with zero attached hydrogens (tertiary/aromatic N) is 2. The molecule has 2 aromatic rings. The number of hydrogen-bond donors (Lipinski definition) is 1. The number of aryl methyl sites for hydroxylation is 3. The fraction of sp³-hybridized carbons (Fsp3) is 0.474. The van der Waals surface area contributed by atoms with Crippen LogP contribution >= 0.6 is 0 Å². The number of carbonyl (C=O) groups is 1. The van der Waals surface area contributed by atoms with E-state index in [4.69, 9.17) is 0 Å². The summed E-state index contributed by atoms with van der Waals surface area (Å²) in [7, 11) is 1.90. The van der Waals surface area contributed by atoms with Crippen LogP contribution in [0.15, 0.2) is 36.7 Å². The van der Waals surface area contributed by atoms with E-state index in [2.05, 4.69) is 34.7 Å². The van der Waals surface area contributed by atoms with Crippen LogP contribution in [0.2, 0.25) is 0 Å². The second-order valence-corrected chi connectivity index (χ2v) is 7.04. The molecule has 1 spiro atoms. The average Bonchev–Trinajstić information content (AvgIpc) is 2.89. The molecule has 0 unspecified atom stereocenters. The number of aromatic nitrogens is 2. The SMILES string of the molecule is Cn1cc(CCC(=O)NC[C@H]2C[C@@]23CCc2ccccc23)cn1. The third-order valence-electron chi connectivity index (χ3n) is 5.57. The van der Waals surface area contributed by atoms with E-state index in [0.717, 1.165) is 18.5 Å². The molecule has 0 aliphatic heterocycles. The van der Waals surface area contributed by atoms with Gasteiger partial charge in [-0.05, 0) is 48.3 Å².